The van der Waals surface area contributed by atoms with E-state index in [0.29, 0.717) is 0 Å². The molecular formula is C12H14N2OS. The number of thiazole rings is 1. The molecule has 0 saturated heterocycles. The van der Waals surface area contributed by atoms with Gasteiger partial charge in [-0.2, -0.15) is 0 Å². The molecule has 1 unspecified atom stereocenters. The fourth-order valence-corrected chi connectivity index (χ4v) is 2.27. The van der Waals surface area contributed by atoms with Crippen molar-refractivity contribution in [1.82, 2.24) is 4.98 Å². The highest BCUT2D eigenvalue weighted by Gasteiger charge is 2.12. The second-order valence-electron chi connectivity index (χ2n) is 3.56. The van der Waals surface area contributed by atoms with Crippen LogP contribution in [0.4, 0.5) is 0 Å². The lowest BCUT2D eigenvalue weighted by molar-refractivity contribution is 0.414. The van der Waals surface area contributed by atoms with Gasteiger partial charge in [0.1, 0.15) is 10.8 Å². The fourth-order valence-electron chi connectivity index (χ4n) is 1.47. The van der Waals surface area contributed by atoms with Gasteiger partial charge in [-0.15, -0.1) is 11.3 Å². The van der Waals surface area contributed by atoms with Crippen LogP contribution < -0.4 is 10.5 Å². The number of rotatable bonds is 3. The normalized spacial score (nSPS) is 12.4. The van der Waals surface area contributed by atoms with Crippen molar-refractivity contribution in [2.45, 2.75) is 13.0 Å². The lowest BCUT2D eigenvalue weighted by atomic mass is 10.1. The van der Waals surface area contributed by atoms with E-state index >= 15 is 0 Å². The van der Waals surface area contributed by atoms with Crippen LogP contribution in [0.1, 0.15) is 21.5 Å². The molecule has 1 atom stereocenters. The molecule has 0 saturated carbocycles. The molecule has 2 aromatic rings. The highest BCUT2D eigenvalue weighted by Crippen LogP contribution is 2.25. The zero-order valence-corrected chi connectivity index (χ0v) is 10.1. The van der Waals surface area contributed by atoms with Gasteiger partial charge in [0, 0.05) is 11.1 Å². The van der Waals surface area contributed by atoms with Crippen LogP contribution >= 0.6 is 11.3 Å². The average Bonchev–Trinajstić information content (AvgIpc) is 2.75. The Morgan fingerprint density at radius 2 is 2.00 bits per heavy atom. The quantitative estimate of drug-likeness (QED) is 0.887. The maximum Gasteiger partial charge on any atom is 0.118 e. The third-order valence-corrected chi connectivity index (χ3v) is 3.38. The number of benzene rings is 1. The third kappa shape index (κ3) is 2.23. The van der Waals surface area contributed by atoms with Crippen LogP contribution in [0.25, 0.3) is 0 Å². The van der Waals surface area contributed by atoms with Crippen molar-refractivity contribution >= 4 is 11.3 Å². The first-order valence-electron chi connectivity index (χ1n) is 5.02. The Morgan fingerprint density at radius 1 is 1.31 bits per heavy atom. The molecule has 3 nitrogen and oxygen atoms in total. The minimum Gasteiger partial charge on any atom is -0.497 e. The monoisotopic (exact) mass is 234 g/mol. The maximum absolute atomic E-state index is 6.13. The molecule has 84 valence electrons. The summed E-state index contributed by atoms with van der Waals surface area (Å²) < 4.78 is 5.10. The van der Waals surface area contributed by atoms with Crippen molar-refractivity contribution in [3.63, 3.8) is 0 Å². The summed E-state index contributed by atoms with van der Waals surface area (Å²) in [5, 5.41) is 0.947. The number of methoxy groups -OCH3 is 1. The smallest absolute Gasteiger partial charge is 0.118 e. The first-order chi connectivity index (χ1) is 7.70. The second-order valence-corrected chi connectivity index (χ2v) is 4.83. The second kappa shape index (κ2) is 4.63. The van der Waals surface area contributed by atoms with Crippen molar-refractivity contribution in [2.75, 3.05) is 7.11 Å². The molecule has 0 aliphatic rings. The van der Waals surface area contributed by atoms with Crippen LogP contribution in [0.3, 0.4) is 0 Å². The van der Waals surface area contributed by atoms with Crippen LogP contribution in [0.2, 0.25) is 0 Å². The largest absolute Gasteiger partial charge is 0.497 e. The molecule has 0 spiro atoms. The SMILES string of the molecule is COc1ccc(C(N)c2ncc(C)s2)cc1. The van der Waals surface area contributed by atoms with Gasteiger partial charge in [0.2, 0.25) is 0 Å². The molecule has 2 rings (SSSR count). The van der Waals surface area contributed by atoms with E-state index in [2.05, 4.69) is 4.98 Å². The molecule has 1 aromatic heterocycles. The zero-order valence-electron chi connectivity index (χ0n) is 9.31. The lowest BCUT2D eigenvalue weighted by Gasteiger charge is -2.09. The molecule has 0 aliphatic heterocycles. The molecule has 0 amide bonds. The van der Waals surface area contributed by atoms with Gasteiger partial charge in [-0.25, -0.2) is 4.98 Å². The molecule has 1 aromatic carbocycles. The molecule has 4 heteroatoms. The summed E-state index contributed by atoms with van der Waals surface area (Å²) in [5.74, 6) is 0.839. The summed E-state index contributed by atoms with van der Waals surface area (Å²) in [5.41, 5.74) is 7.18. The highest BCUT2D eigenvalue weighted by molar-refractivity contribution is 7.11. The molecule has 1 heterocycles. The number of hydrogen-bond donors (Lipinski definition) is 1. The Kier molecular flexibility index (Phi) is 3.22. The first-order valence-corrected chi connectivity index (χ1v) is 5.84. The van der Waals surface area contributed by atoms with Crippen molar-refractivity contribution in [3.8, 4) is 5.75 Å². The predicted octanol–water partition coefficient (Wildman–Crippen LogP) is 2.51. The van der Waals surface area contributed by atoms with Crippen LogP contribution in [0, 0.1) is 6.92 Å². The Morgan fingerprint density at radius 3 is 2.50 bits per heavy atom. The molecule has 0 aliphatic carbocycles. The van der Waals surface area contributed by atoms with Crippen molar-refractivity contribution < 1.29 is 4.74 Å². The maximum atomic E-state index is 6.13. The van der Waals surface area contributed by atoms with E-state index in [1.54, 1.807) is 18.4 Å². The van der Waals surface area contributed by atoms with E-state index in [4.69, 9.17) is 10.5 Å². The van der Waals surface area contributed by atoms with Crippen LogP contribution in [0.5, 0.6) is 5.75 Å². The standard InChI is InChI=1S/C12H14N2OS/c1-8-7-14-12(16-8)11(13)9-3-5-10(15-2)6-4-9/h3-7,11H,13H2,1-2H3. The fraction of sp³-hybridized carbons (Fsp3) is 0.250. The van der Waals surface area contributed by atoms with Crippen molar-refractivity contribution in [3.05, 3.63) is 45.9 Å². The van der Waals surface area contributed by atoms with Crippen molar-refractivity contribution in [2.24, 2.45) is 5.73 Å². The first kappa shape index (κ1) is 11.1. The van der Waals surface area contributed by atoms with Gasteiger partial charge < -0.3 is 10.5 Å². The Balaban J connectivity index is 2.23. The molecule has 2 N–H and O–H groups in total. The number of nitrogens with zero attached hydrogens (tertiary/aromatic N) is 1. The number of hydrogen-bond acceptors (Lipinski definition) is 4. The van der Waals surface area contributed by atoms with Gasteiger partial charge in [0.05, 0.1) is 13.2 Å². The third-order valence-electron chi connectivity index (χ3n) is 2.38. The summed E-state index contributed by atoms with van der Waals surface area (Å²) in [7, 11) is 1.65. The van der Waals surface area contributed by atoms with Gasteiger partial charge >= 0.3 is 0 Å². The van der Waals surface area contributed by atoms with Crippen LogP contribution in [0.15, 0.2) is 30.5 Å². The van der Waals surface area contributed by atoms with Gasteiger partial charge in [-0.1, -0.05) is 12.1 Å². The molecule has 16 heavy (non-hydrogen) atoms. The summed E-state index contributed by atoms with van der Waals surface area (Å²) in [6.45, 7) is 2.03. The van der Waals surface area contributed by atoms with E-state index in [9.17, 15) is 0 Å². The van der Waals surface area contributed by atoms with Gasteiger partial charge in [-0.3, -0.25) is 0 Å². The predicted molar refractivity (Wildman–Crippen MR) is 65.9 cm³/mol. The number of nitrogens with two attached hydrogens (primary N) is 1. The minimum absolute atomic E-state index is 0.149. The summed E-state index contributed by atoms with van der Waals surface area (Å²) in [4.78, 5) is 5.48. The lowest BCUT2D eigenvalue weighted by Crippen LogP contribution is -2.11. The number of aromatic nitrogens is 1. The number of ether oxygens (including phenoxy) is 1. The van der Waals surface area contributed by atoms with E-state index in [-0.39, 0.29) is 6.04 Å². The van der Waals surface area contributed by atoms with Crippen LogP contribution in [-0.2, 0) is 0 Å². The zero-order chi connectivity index (χ0) is 11.5. The Hall–Kier alpha value is -1.39. The van der Waals surface area contributed by atoms with E-state index in [1.165, 1.54) is 4.88 Å². The van der Waals surface area contributed by atoms with E-state index in [1.807, 2.05) is 37.4 Å². The highest BCUT2D eigenvalue weighted by atomic mass is 32.1. The average molecular weight is 234 g/mol. The van der Waals surface area contributed by atoms with E-state index in [0.717, 1.165) is 16.3 Å². The number of aryl methyl sites for hydroxylation is 1. The summed E-state index contributed by atoms with van der Waals surface area (Å²) in [6, 6.07) is 7.62. The van der Waals surface area contributed by atoms with E-state index < -0.39 is 0 Å². The molecular weight excluding hydrogens is 220 g/mol. The van der Waals surface area contributed by atoms with Gasteiger partial charge in [0.15, 0.2) is 0 Å². The minimum atomic E-state index is -0.149. The summed E-state index contributed by atoms with van der Waals surface area (Å²) in [6.07, 6.45) is 1.85. The van der Waals surface area contributed by atoms with Gasteiger partial charge in [0.25, 0.3) is 0 Å². The van der Waals surface area contributed by atoms with Crippen LogP contribution in [-0.4, -0.2) is 12.1 Å². The summed E-state index contributed by atoms with van der Waals surface area (Å²) >= 11 is 1.63. The Bertz CT molecular complexity index is 464. The molecule has 0 radical (unpaired) electrons. The van der Waals surface area contributed by atoms with Crippen molar-refractivity contribution in [1.29, 1.82) is 0 Å². The van der Waals surface area contributed by atoms with Gasteiger partial charge in [-0.05, 0) is 24.6 Å². The Labute approximate surface area is 98.9 Å². The molecule has 0 fully saturated rings. The molecule has 0 bridgehead atoms. The topological polar surface area (TPSA) is 48.1 Å².